The number of benzene rings is 3. The Kier molecular flexibility index (Phi) is 3.77. The summed E-state index contributed by atoms with van der Waals surface area (Å²) in [5.74, 6) is 0. The summed E-state index contributed by atoms with van der Waals surface area (Å²) in [6.07, 6.45) is 0. The number of rotatable bonds is 0. The molecule has 1 aliphatic carbocycles. The normalized spacial score (nSPS) is 14.9. The molecule has 0 heterocycles. The van der Waals surface area contributed by atoms with E-state index in [1.54, 1.807) is 0 Å². The Morgan fingerprint density at radius 3 is 2.30 bits per heavy atom. The van der Waals surface area contributed by atoms with Crippen LogP contribution in [0.3, 0.4) is 0 Å². The van der Waals surface area contributed by atoms with Crippen molar-refractivity contribution in [3.8, 4) is 11.1 Å². The van der Waals surface area contributed by atoms with Crippen LogP contribution in [0, 0.1) is 0 Å². The molecule has 0 spiro atoms. The Morgan fingerprint density at radius 1 is 0.870 bits per heavy atom. The van der Waals surface area contributed by atoms with Crippen molar-refractivity contribution >= 4 is 71.2 Å². The Hall–Kier alpha value is -0.290. The molecule has 0 N–H and O–H groups in total. The van der Waals surface area contributed by atoms with E-state index in [9.17, 15) is 0 Å². The molecule has 0 aliphatic heterocycles. The van der Waals surface area contributed by atoms with E-state index in [1.165, 1.54) is 33.0 Å². The van der Waals surface area contributed by atoms with Crippen LogP contribution in [-0.4, -0.2) is 0 Å². The van der Waals surface area contributed by atoms with E-state index in [1.807, 2.05) is 0 Å². The summed E-state index contributed by atoms with van der Waals surface area (Å²) in [5, 5.41) is 2.43. The van der Waals surface area contributed by atoms with Crippen molar-refractivity contribution in [3.05, 3.63) is 60.9 Å². The standard InChI is InChI=1S/C19H13Br3S/c1-19(2)11-7-15(22)14(21)6-10(11)17-12(19)8-16(23)9-4-3-5-13(20)18(9)17/h3-8,23H,1-2H3. The van der Waals surface area contributed by atoms with Gasteiger partial charge in [0.2, 0.25) is 0 Å². The molecule has 1 aliphatic rings. The van der Waals surface area contributed by atoms with Gasteiger partial charge in [-0.05, 0) is 83.8 Å². The molecule has 0 saturated carbocycles. The minimum Gasteiger partial charge on any atom is -0.143 e. The topological polar surface area (TPSA) is 0 Å². The van der Waals surface area contributed by atoms with Gasteiger partial charge in [-0.3, -0.25) is 0 Å². The second-order valence-corrected chi connectivity index (χ2v) is 9.46. The van der Waals surface area contributed by atoms with Crippen LogP contribution in [0.2, 0.25) is 0 Å². The third-order valence-corrected chi connectivity index (χ3v) is 7.64. The molecule has 0 bridgehead atoms. The number of thiol groups is 1. The zero-order valence-electron chi connectivity index (χ0n) is 12.5. The van der Waals surface area contributed by atoms with E-state index in [0.29, 0.717) is 0 Å². The minimum absolute atomic E-state index is 0.0468. The zero-order valence-corrected chi connectivity index (χ0v) is 18.2. The van der Waals surface area contributed by atoms with Gasteiger partial charge in [0.1, 0.15) is 0 Å². The first-order valence-electron chi connectivity index (χ1n) is 7.27. The van der Waals surface area contributed by atoms with Crippen LogP contribution in [0.1, 0.15) is 25.0 Å². The molecule has 0 radical (unpaired) electrons. The highest BCUT2D eigenvalue weighted by Gasteiger charge is 2.37. The second kappa shape index (κ2) is 5.35. The number of halogens is 3. The average Bonchev–Trinajstić information content (AvgIpc) is 2.69. The lowest BCUT2D eigenvalue weighted by Gasteiger charge is -2.22. The van der Waals surface area contributed by atoms with Crippen LogP contribution < -0.4 is 0 Å². The van der Waals surface area contributed by atoms with Gasteiger partial charge in [0.05, 0.1) is 0 Å². The fraction of sp³-hybridized carbons (Fsp3) is 0.158. The van der Waals surface area contributed by atoms with Crippen molar-refractivity contribution in [1.82, 2.24) is 0 Å². The molecule has 4 heteroatoms. The molecule has 3 aromatic rings. The molecule has 0 fully saturated rings. The first-order valence-corrected chi connectivity index (χ1v) is 10.1. The van der Waals surface area contributed by atoms with E-state index in [4.69, 9.17) is 12.6 Å². The third-order valence-electron chi connectivity index (χ3n) is 4.77. The van der Waals surface area contributed by atoms with Gasteiger partial charge in [0.15, 0.2) is 0 Å². The highest BCUT2D eigenvalue weighted by Crippen LogP contribution is 2.54. The van der Waals surface area contributed by atoms with E-state index in [2.05, 4.69) is 98.0 Å². The molecule has 116 valence electrons. The van der Waals surface area contributed by atoms with Crippen molar-refractivity contribution in [1.29, 1.82) is 0 Å². The molecule has 0 aromatic heterocycles. The van der Waals surface area contributed by atoms with Gasteiger partial charge in [-0.1, -0.05) is 41.9 Å². The molecule has 0 nitrogen and oxygen atoms in total. The highest BCUT2D eigenvalue weighted by molar-refractivity contribution is 9.13. The zero-order chi connectivity index (χ0) is 16.5. The molecular formula is C19H13Br3S. The maximum atomic E-state index is 4.75. The molecule has 0 unspecified atom stereocenters. The molecule has 0 atom stereocenters. The van der Waals surface area contributed by atoms with Crippen LogP contribution in [0.4, 0.5) is 0 Å². The molecule has 0 amide bonds. The predicted molar refractivity (Wildman–Crippen MR) is 112 cm³/mol. The summed E-state index contributed by atoms with van der Waals surface area (Å²) in [7, 11) is 0. The predicted octanol–water partition coefficient (Wildman–Crippen LogP) is 7.72. The summed E-state index contributed by atoms with van der Waals surface area (Å²) in [5.41, 5.74) is 5.25. The average molecular weight is 513 g/mol. The van der Waals surface area contributed by atoms with Crippen LogP contribution in [0.15, 0.2) is 54.7 Å². The summed E-state index contributed by atoms with van der Waals surface area (Å²) < 4.78 is 3.28. The van der Waals surface area contributed by atoms with Crippen LogP contribution in [0.5, 0.6) is 0 Å². The molecule has 23 heavy (non-hydrogen) atoms. The quantitative estimate of drug-likeness (QED) is 0.293. The first kappa shape index (κ1) is 16.2. The summed E-state index contributed by atoms with van der Waals surface area (Å²) in [6.45, 7) is 4.57. The van der Waals surface area contributed by atoms with Crippen LogP contribution in [-0.2, 0) is 5.41 Å². The fourth-order valence-electron chi connectivity index (χ4n) is 3.60. The molecule has 0 saturated heterocycles. The summed E-state index contributed by atoms with van der Waals surface area (Å²) >= 11 is 15.8. The number of fused-ring (bicyclic) bond motifs is 5. The summed E-state index contributed by atoms with van der Waals surface area (Å²) in [4.78, 5) is 1.03. The van der Waals surface area contributed by atoms with Gasteiger partial charge in [-0.25, -0.2) is 0 Å². The monoisotopic (exact) mass is 510 g/mol. The van der Waals surface area contributed by atoms with Crippen molar-refractivity contribution in [2.75, 3.05) is 0 Å². The Bertz CT molecular complexity index is 990. The van der Waals surface area contributed by atoms with Gasteiger partial charge in [-0.2, -0.15) is 0 Å². The van der Waals surface area contributed by atoms with Crippen molar-refractivity contribution in [2.24, 2.45) is 0 Å². The minimum atomic E-state index is -0.0468. The third kappa shape index (κ3) is 2.21. The smallest absolute Gasteiger partial charge is 0.0323 e. The first-order chi connectivity index (χ1) is 10.8. The van der Waals surface area contributed by atoms with E-state index in [-0.39, 0.29) is 5.41 Å². The Balaban J connectivity index is 2.26. The highest BCUT2D eigenvalue weighted by atomic mass is 79.9. The number of hydrogen-bond acceptors (Lipinski definition) is 1. The van der Waals surface area contributed by atoms with Gasteiger partial charge in [0, 0.05) is 29.1 Å². The summed E-state index contributed by atoms with van der Waals surface area (Å²) in [6, 6.07) is 13.0. The van der Waals surface area contributed by atoms with Gasteiger partial charge >= 0.3 is 0 Å². The SMILES string of the molecule is CC1(C)c2cc(Br)c(Br)cc2-c2c1cc(S)c1cccc(Br)c21. The lowest BCUT2D eigenvalue weighted by molar-refractivity contribution is 0.659. The molecule has 3 aromatic carbocycles. The van der Waals surface area contributed by atoms with E-state index < -0.39 is 0 Å². The second-order valence-electron chi connectivity index (χ2n) is 6.42. The van der Waals surface area contributed by atoms with Crippen molar-refractivity contribution in [2.45, 2.75) is 24.2 Å². The lowest BCUT2D eigenvalue weighted by atomic mass is 9.82. The van der Waals surface area contributed by atoms with Gasteiger partial charge < -0.3 is 0 Å². The van der Waals surface area contributed by atoms with Crippen molar-refractivity contribution in [3.63, 3.8) is 0 Å². The Labute approximate surface area is 166 Å². The van der Waals surface area contributed by atoms with Crippen LogP contribution in [0.25, 0.3) is 21.9 Å². The van der Waals surface area contributed by atoms with Gasteiger partial charge in [0.25, 0.3) is 0 Å². The van der Waals surface area contributed by atoms with Gasteiger partial charge in [-0.15, -0.1) is 12.6 Å². The largest absolute Gasteiger partial charge is 0.143 e. The molecule has 4 rings (SSSR count). The Morgan fingerprint density at radius 2 is 1.57 bits per heavy atom. The maximum absolute atomic E-state index is 4.75. The van der Waals surface area contributed by atoms with Crippen LogP contribution >= 0.6 is 60.4 Å². The lowest BCUT2D eigenvalue weighted by Crippen LogP contribution is -2.15. The fourth-order valence-corrected chi connectivity index (χ4v) is 5.17. The van der Waals surface area contributed by atoms with E-state index >= 15 is 0 Å². The number of hydrogen-bond donors (Lipinski definition) is 1. The maximum Gasteiger partial charge on any atom is 0.0323 e. The van der Waals surface area contributed by atoms with E-state index in [0.717, 1.165) is 18.3 Å². The van der Waals surface area contributed by atoms with Crippen molar-refractivity contribution < 1.29 is 0 Å². The molecular weight excluding hydrogens is 500 g/mol.